The maximum atomic E-state index is 13.2. The molecular formula is C12H12BrFN4. The van der Waals surface area contributed by atoms with Crippen LogP contribution in [0.2, 0.25) is 0 Å². The van der Waals surface area contributed by atoms with Crippen LogP contribution in [0.1, 0.15) is 5.56 Å². The summed E-state index contributed by atoms with van der Waals surface area (Å²) in [6, 6.07) is 4.81. The lowest BCUT2D eigenvalue weighted by molar-refractivity contribution is 0.619. The zero-order valence-electron chi connectivity index (χ0n) is 9.96. The van der Waals surface area contributed by atoms with Crippen molar-refractivity contribution in [1.29, 1.82) is 0 Å². The Bertz CT molecular complexity index is 574. The molecule has 0 saturated carbocycles. The van der Waals surface area contributed by atoms with Crippen LogP contribution in [0.3, 0.4) is 0 Å². The average molecular weight is 311 g/mol. The average Bonchev–Trinajstić information content (AvgIpc) is 2.36. The van der Waals surface area contributed by atoms with Crippen LogP contribution in [0.5, 0.6) is 0 Å². The molecule has 0 atom stereocenters. The van der Waals surface area contributed by atoms with Crippen LogP contribution in [-0.2, 0) is 0 Å². The predicted octanol–water partition coefficient (Wildman–Crippen LogP) is 3.47. The maximum Gasteiger partial charge on any atom is 0.224 e. The summed E-state index contributed by atoms with van der Waals surface area (Å²) in [5.41, 5.74) is 1.36. The van der Waals surface area contributed by atoms with Crippen LogP contribution in [-0.4, -0.2) is 17.0 Å². The lowest BCUT2D eigenvalue weighted by Gasteiger charge is -2.09. The third kappa shape index (κ3) is 2.76. The Morgan fingerprint density at radius 3 is 2.78 bits per heavy atom. The summed E-state index contributed by atoms with van der Waals surface area (Å²) < 4.78 is 13.9. The van der Waals surface area contributed by atoms with Gasteiger partial charge in [0.1, 0.15) is 11.6 Å². The highest BCUT2D eigenvalue weighted by molar-refractivity contribution is 9.10. The zero-order chi connectivity index (χ0) is 13.1. The molecule has 6 heteroatoms. The summed E-state index contributed by atoms with van der Waals surface area (Å²) in [6.45, 7) is 1.72. The SMILES string of the molecule is CNc1ncc(Br)c(Nc2ccc(F)c(C)c2)n1. The molecule has 2 N–H and O–H groups in total. The van der Waals surface area contributed by atoms with E-state index in [-0.39, 0.29) is 5.82 Å². The Balaban J connectivity index is 2.30. The van der Waals surface area contributed by atoms with Crippen molar-refractivity contribution in [3.63, 3.8) is 0 Å². The number of halogens is 2. The van der Waals surface area contributed by atoms with Crippen molar-refractivity contribution in [3.05, 3.63) is 40.2 Å². The van der Waals surface area contributed by atoms with Crippen molar-refractivity contribution in [3.8, 4) is 0 Å². The molecular weight excluding hydrogens is 299 g/mol. The van der Waals surface area contributed by atoms with E-state index in [0.717, 1.165) is 10.2 Å². The van der Waals surface area contributed by atoms with Crippen molar-refractivity contribution in [1.82, 2.24) is 9.97 Å². The number of hydrogen-bond acceptors (Lipinski definition) is 4. The Morgan fingerprint density at radius 1 is 1.33 bits per heavy atom. The minimum atomic E-state index is -0.224. The van der Waals surface area contributed by atoms with Crippen LogP contribution in [0.4, 0.5) is 21.8 Å². The van der Waals surface area contributed by atoms with Crippen LogP contribution >= 0.6 is 15.9 Å². The number of nitrogens with zero attached hydrogens (tertiary/aromatic N) is 2. The van der Waals surface area contributed by atoms with Gasteiger partial charge in [-0.2, -0.15) is 4.98 Å². The van der Waals surface area contributed by atoms with E-state index >= 15 is 0 Å². The second-order valence-electron chi connectivity index (χ2n) is 3.73. The van der Waals surface area contributed by atoms with Gasteiger partial charge in [-0.15, -0.1) is 0 Å². The fraction of sp³-hybridized carbons (Fsp3) is 0.167. The third-order valence-electron chi connectivity index (χ3n) is 2.39. The van der Waals surface area contributed by atoms with Crippen molar-refractivity contribution in [2.45, 2.75) is 6.92 Å². The van der Waals surface area contributed by atoms with E-state index < -0.39 is 0 Å². The molecule has 94 valence electrons. The van der Waals surface area contributed by atoms with Crippen LogP contribution in [0.25, 0.3) is 0 Å². The van der Waals surface area contributed by atoms with Gasteiger partial charge in [0.25, 0.3) is 0 Å². The fourth-order valence-corrected chi connectivity index (χ4v) is 1.72. The van der Waals surface area contributed by atoms with E-state index in [1.165, 1.54) is 6.07 Å². The van der Waals surface area contributed by atoms with E-state index in [9.17, 15) is 4.39 Å². The first kappa shape index (κ1) is 12.8. The second-order valence-corrected chi connectivity index (χ2v) is 4.58. The molecule has 2 rings (SSSR count). The van der Waals surface area contributed by atoms with Gasteiger partial charge in [0.2, 0.25) is 5.95 Å². The van der Waals surface area contributed by atoms with Gasteiger partial charge in [-0.05, 0) is 46.6 Å². The molecule has 0 aliphatic carbocycles. The second kappa shape index (κ2) is 5.30. The Hall–Kier alpha value is -1.69. The van der Waals surface area contributed by atoms with Crippen LogP contribution in [0, 0.1) is 12.7 Å². The largest absolute Gasteiger partial charge is 0.357 e. The highest BCUT2D eigenvalue weighted by Gasteiger charge is 2.06. The monoisotopic (exact) mass is 310 g/mol. The van der Waals surface area contributed by atoms with Gasteiger partial charge >= 0.3 is 0 Å². The molecule has 1 aromatic carbocycles. The van der Waals surface area contributed by atoms with E-state index in [1.807, 2.05) is 0 Å². The molecule has 18 heavy (non-hydrogen) atoms. The van der Waals surface area contributed by atoms with Gasteiger partial charge in [-0.3, -0.25) is 0 Å². The molecule has 2 aromatic rings. The number of aryl methyl sites for hydroxylation is 1. The van der Waals surface area contributed by atoms with Gasteiger partial charge < -0.3 is 10.6 Å². The first-order valence-corrected chi connectivity index (χ1v) is 6.13. The molecule has 0 radical (unpaired) electrons. The Kier molecular flexibility index (Phi) is 3.76. The number of nitrogens with one attached hydrogen (secondary N) is 2. The quantitative estimate of drug-likeness (QED) is 0.911. The van der Waals surface area contributed by atoms with E-state index in [0.29, 0.717) is 17.3 Å². The summed E-state index contributed by atoms with van der Waals surface area (Å²) in [4.78, 5) is 8.33. The van der Waals surface area contributed by atoms with Gasteiger partial charge in [-0.1, -0.05) is 0 Å². The number of anilines is 3. The number of aromatic nitrogens is 2. The van der Waals surface area contributed by atoms with E-state index in [2.05, 4.69) is 36.5 Å². The predicted molar refractivity (Wildman–Crippen MR) is 73.7 cm³/mol. The van der Waals surface area contributed by atoms with Crippen molar-refractivity contribution < 1.29 is 4.39 Å². The molecule has 0 spiro atoms. The third-order valence-corrected chi connectivity index (χ3v) is 2.97. The lowest BCUT2D eigenvalue weighted by atomic mass is 10.2. The van der Waals surface area contributed by atoms with Gasteiger partial charge in [0, 0.05) is 18.9 Å². The Labute approximate surface area is 113 Å². The maximum absolute atomic E-state index is 13.2. The number of benzene rings is 1. The normalized spacial score (nSPS) is 10.2. The summed E-state index contributed by atoms with van der Waals surface area (Å²) in [5.74, 6) is 0.915. The van der Waals surface area contributed by atoms with Gasteiger partial charge in [-0.25, -0.2) is 9.37 Å². The highest BCUT2D eigenvalue weighted by atomic mass is 79.9. The highest BCUT2D eigenvalue weighted by Crippen LogP contribution is 2.25. The summed E-state index contributed by atoms with van der Waals surface area (Å²) >= 11 is 3.36. The summed E-state index contributed by atoms with van der Waals surface area (Å²) in [6.07, 6.45) is 1.65. The van der Waals surface area contributed by atoms with Crippen molar-refractivity contribution in [2.24, 2.45) is 0 Å². The van der Waals surface area contributed by atoms with Crippen molar-refractivity contribution >= 4 is 33.4 Å². The molecule has 0 saturated heterocycles. The first-order valence-electron chi connectivity index (χ1n) is 5.33. The van der Waals surface area contributed by atoms with Gasteiger partial charge in [0.15, 0.2) is 0 Å². The van der Waals surface area contributed by atoms with Crippen molar-refractivity contribution in [2.75, 3.05) is 17.7 Å². The standard InChI is InChI=1S/C12H12BrFN4/c1-7-5-8(3-4-10(7)14)17-11-9(13)6-16-12(15-2)18-11/h3-6H,1-2H3,(H2,15,16,17,18). The molecule has 0 aliphatic heterocycles. The molecule has 0 unspecified atom stereocenters. The molecule has 1 heterocycles. The van der Waals surface area contributed by atoms with Crippen LogP contribution in [0.15, 0.2) is 28.9 Å². The minimum Gasteiger partial charge on any atom is -0.357 e. The van der Waals surface area contributed by atoms with Crippen LogP contribution < -0.4 is 10.6 Å². The zero-order valence-corrected chi connectivity index (χ0v) is 11.5. The molecule has 4 nitrogen and oxygen atoms in total. The minimum absolute atomic E-state index is 0.224. The first-order chi connectivity index (χ1) is 8.60. The van der Waals surface area contributed by atoms with Gasteiger partial charge in [0.05, 0.1) is 4.47 Å². The topological polar surface area (TPSA) is 49.8 Å². The molecule has 0 amide bonds. The lowest BCUT2D eigenvalue weighted by Crippen LogP contribution is -2.01. The number of hydrogen-bond donors (Lipinski definition) is 2. The number of rotatable bonds is 3. The molecule has 1 aromatic heterocycles. The Morgan fingerprint density at radius 2 is 2.11 bits per heavy atom. The molecule has 0 aliphatic rings. The molecule has 0 fully saturated rings. The van der Waals surface area contributed by atoms with E-state index in [4.69, 9.17) is 0 Å². The summed E-state index contributed by atoms with van der Waals surface area (Å²) in [5, 5.41) is 5.97. The molecule has 0 bridgehead atoms. The summed E-state index contributed by atoms with van der Waals surface area (Å²) in [7, 11) is 1.75. The van der Waals surface area contributed by atoms with E-state index in [1.54, 1.807) is 32.3 Å². The fourth-order valence-electron chi connectivity index (χ4n) is 1.43. The smallest absolute Gasteiger partial charge is 0.224 e.